The number of fused-ring (bicyclic) bond motifs is 11. The van der Waals surface area contributed by atoms with E-state index in [2.05, 4.69) is 170 Å². The molecule has 1 aliphatic heterocycles. The summed E-state index contributed by atoms with van der Waals surface area (Å²) in [5, 5.41) is 5.26. The summed E-state index contributed by atoms with van der Waals surface area (Å²) >= 11 is 1.48. The van der Waals surface area contributed by atoms with Gasteiger partial charge in [0.1, 0.15) is 3.63 Å². The van der Waals surface area contributed by atoms with Crippen LogP contribution in [0.2, 0.25) is 0 Å². The Morgan fingerprint density at radius 1 is 0.549 bits per heavy atom. The van der Waals surface area contributed by atoms with E-state index in [1.165, 1.54) is 93.8 Å². The molecule has 2 nitrogen and oxygen atoms in total. The fraction of sp³-hybridized carbons (Fsp3) is 0.0638. The predicted octanol–water partition coefficient (Wildman–Crippen LogP) is 12.6. The van der Waals surface area contributed by atoms with E-state index < -0.39 is 20.7 Å². The van der Waals surface area contributed by atoms with Gasteiger partial charge in [-0.15, -0.1) is 11.3 Å². The average Bonchev–Trinajstić information content (AvgIpc) is 3.80. The zero-order chi connectivity index (χ0) is 33.8. The Morgan fingerprint density at radius 3 is 2.16 bits per heavy atom. The standard InChI is InChI=1S/C47H31IN2S/c1-47(2)37-20-9-6-15-30(37)31-24-23-29(27-38(31)47)50-40-22-11-8-17-35(40)42-41(50)26-25-33-32-18-12-19-36(44(32)51-45(33)42)46-48-39-21-10-7-16-34(39)43(49-46)28-13-4-3-5-14-28/h3-27H,1-2H3. The first-order valence-corrected chi connectivity index (χ1v) is 20.4. The zero-order valence-electron chi connectivity index (χ0n) is 28.1. The Morgan fingerprint density at radius 2 is 1.25 bits per heavy atom. The quantitative estimate of drug-likeness (QED) is 0.159. The van der Waals surface area contributed by atoms with Crippen molar-refractivity contribution in [1.82, 2.24) is 4.57 Å². The van der Waals surface area contributed by atoms with Gasteiger partial charge in [0, 0.05) is 62.3 Å². The van der Waals surface area contributed by atoms with Crippen molar-refractivity contribution in [2.45, 2.75) is 19.3 Å². The van der Waals surface area contributed by atoms with Crippen LogP contribution in [0.25, 0.3) is 58.8 Å². The number of benzene rings is 7. The molecule has 0 bridgehead atoms. The molecule has 242 valence electrons. The molecule has 1 aliphatic carbocycles. The lowest BCUT2D eigenvalue weighted by Crippen LogP contribution is -2.15. The van der Waals surface area contributed by atoms with E-state index in [1.54, 1.807) is 0 Å². The minimum absolute atomic E-state index is 0.0569. The monoisotopic (exact) mass is 782 g/mol. The maximum absolute atomic E-state index is 5.48. The van der Waals surface area contributed by atoms with Crippen LogP contribution in [0.5, 0.6) is 0 Å². The van der Waals surface area contributed by atoms with Gasteiger partial charge < -0.3 is 4.57 Å². The molecular formula is C47H31IN2S. The number of rotatable bonds is 3. The van der Waals surface area contributed by atoms with Crippen molar-refractivity contribution in [3.63, 3.8) is 0 Å². The summed E-state index contributed by atoms with van der Waals surface area (Å²) in [4.78, 5) is 5.48. The highest BCUT2D eigenvalue weighted by molar-refractivity contribution is 14.2. The molecule has 0 saturated carbocycles. The molecule has 2 aliphatic rings. The lowest BCUT2D eigenvalue weighted by Gasteiger charge is -2.22. The third kappa shape index (κ3) is 4.21. The van der Waals surface area contributed by atoms with E-state index in [4.69, 9.17) is 4.99 Å². The molecule has 7 aromatic carbocycles. The number of para-hydroxylation sites is 1. The lowest BCUT2D eigenvalue weighted by atomic mass is 9.82. The summed E-state index contributed by atoms with van der Waals surface area (Å²) in [6.07, 6.45) is 0. The van der Waals surface area contributed by atoms with Crippen LogP contribution in [-0.4, -0.2) is 13.9 Å². The van der Waals surface area contributed by atoms with Crippen molar-refractivity contribution in [3.8, 4) is 16.8 Å². The summed E-state index contributed by atoms with van der Waals surface area (Å²) < 4.78 is 7.84. The fourth-order valence-corrected chi connectivity index (χ4v) is 12.8. The average molecular weight is 783 g/mol. The Hall–Kier alpha value is -5.17. The third-order valence-corrected chi connectivity index (χ3v) is 15.1. The minimum Gasteiger partial charge on any atom is -0.309 e. The molecular weight excluding hydrogens is 752 g/mol. The van der Waals surface area contributed by atoms with Crippen molar-refractivity contribution in [2.24, 2.45) is 4.99 Å². The number of aromatic nitrogens is 1. The zero-order valence-corrected chi connectivity index (χ0v) is 31.1. The third-order valence-electron chi connectivity index (χ3n) is 10.9. The van der Waals surface area contributed by atoms with Crippen LogP contribution >= 0.6 is 32.1 Å². The van der Waals surface area contributed by atoms with E-state index in [0.717, 1.165) is 5.71 Å². The molecule has 0 unspecified atom stereocenters. The van der Waals surface area contributed by atoms with Crippen LogP contribution in [-0.2, 0) is 5.41 Å². The smallest absolute Gasteiger partial charge is 0.105 e. The number of halogens is 1. The van der Waals surface area contributed by atoms with Crippen LogP contribution in [0.4, 0.5) is 0 Å². The molecule has 9 aromatic rings. The van der Waals surface area contributed by atoms with Gasteiger partial charge >= 0.3 is 0 Å². The molecule has 0 saturated heterocycles. The molecule has 11 rings (SSSR count). The summed E-state index contributed by atoms with van der Waals surface area (Å²) in [5.41, 5.74) is 14.0. The highest BCUT2D eigenvalue weighted by Gasteiger charge is 2.35. The second-order valence-electron chi connectivity index (χ2n) is 14.1. The van der Waals surface area contributed by atoms with Crippen molar-refractivity contribution in [3.05, 3.63) is 183 Å². The summed E-state index contributed by atoms with van der Waals surface area (Å²) in [7, 11) is 0. The van der Waals surface area contributed by atoms with Crippen LogP contribution in [0.15, 0.2) is 157 Å². The largest absolute Gasteiger partial charge is 0.309 e. The molecule has 0 N–H and O–H groups in total. The van der Waals surface area contributed by atoms with Gasteiger partial charge in [-0.1, -0.05) is 156 Å². The number of hydrogen-bond donors (Lipinski definition) is 0. The number of aliphatic imine (C=N–C) groups is 1. The Labute approximate surface area is 310 Å². The van der Waals surface area contributed by atoms with Gasteiger partial charge in [-0.25, -0.2) is 4.99 Å². The van der Waals surface area contributed by atoms with Gasteiger partial charge in [0.2, 0.25) is 0 Å². The normalized spacial score (nSPS) is 14.6. The molecule has 0 fully saturated rings. The van der Waals surface area contributed by atoms with Gasteiger partial charge in [0.05, 0.1) is 16.7 Å². The maximum atomic E-state index is 5.48. The van der Waals surface area contributed by atoms with Gasteiger partial charge in [-0.3, -0.25) is 0 Å². The van der Waals surface area contributed by atoms with E-state index in [9.17, 15) is 0 Å². The first kappa shape index (κ1) is 29.5. The summed E-state index contributed by atoms with van der Waals surface area (Å²) in [6.45, 7) is 4.73. The molecule has 0 atom stereocenters. The predicted molar refractivity (Wildman–Crippen MR) is 227 cm³/mol. The van der Waals surface area contributed by atoms with Crippen LogP contribution in [0, 0.1) is 3.57 Å². The van der Waals surface area contributed by atoms with Gasteiger partial charge in [0.15, 0.2) is 0 Å². The molecule has 3 heterocycles. The molecule has 0 radical (unpaired) electrons. The first-order chi connectivity index (χ1) is 25.1. The van der Waals surface area contributed by atoms with Crippen LogP contribution in [0.3, 0.4) is 0 Å². The van der Waals surface area contributed by atoms with Crippen molar-refractivity contribution < 1.29 is 0 Å². The van der Waals surface area contributed by atoms with E-state index >= 15 is 0 Å². The van der Waals surface area contributed by atoms with Gasteiger partial charge in [-0.05, 0) is 52.6 Å². The van der Waals surface area contributed by atoms with Crippen molar-refractivity contribution >= 4 is 83.4 Å². The summed E-state index contributed by atoms with van der Waals surface area (Å²) in [5.74, 6) is 0. The number of thiophene rings is 1. The second-order valence-corrected chi connectivity index (χ2v) is 17.8. The van der Waals surface area contributed by atoms with Gasteiger partial charge in [-0.2, -0.15) is 0 Å². The highest BCUT2D eigenvalue weighted by atomic mass is 127. The molecule has 4 heteroatoms. The van der Waals surface area contributed by atoms with Gasteiger partial charge in [0.25, 0.3) is 0 Å². The molecule has 2 aromatic heterocycles. The number of nitrogens with zero attached hydrogens (tertiary/aromatic N) is 2. The fourth-order valence-electron chi connectivity index (χ4n) is 8.52. The molecule has 51 heavy (non-hydrogen) atoms. The maximum Gasteiger partial charge on any atom is 0.105 e. The van der Waals surface area contributed by atoms with Crippen molar-refractivity contribution in [1.29, 1.82) is 0 Å². The molecule has 0 amide bonds. The van der Waals surface area contributed by atoms with Crippen LogP contribution < -0.4 is 0 Å². The number of hydrogen-bond acceptors (Lipinski definition) is 2. The van der Waals surface area contributed by atoms with E-state index in [1.807, 2.05) is 11.3 Å². The van der Waals surface area contributed by atoms with E-state index in [0.29, 0.717) is 0 Å². The Kier molecular flexibility index (Phi) is 6.32. The topological polar surface area (TPSA) is 17.3 Å². The Balaban J connectivity index is 1.14. The second kappa shape index (κ2) is 10.9. The lowest BCUT2D eigenvalue weighted by molar-refractivity contribution is 0.660. The molecule has 0 spiro atoms. The first-order valence-electron chi connectivity index (χ1n) is 17.4. The van der Waals surface area contributed by atoms with Crippen LogP contribution in [0.1, 0.15) is 41.7 Å². The van der Waals surface area contributed by atoms with Crippen molar-refractivity contribution in [2.75, 3.05) is 0 Å². The SMILES string of the molecule is CC1(C)c2ccccc2-c2ccc(-n3c4ccccc4c4c5sc6c(C7=Ic8ccccc8C(c8ccccc8)=N7)cccc6c5ccc43)cc21. The Bertz CT molecular complexity index is 2990. The highest BCUT2D eigenvalue weighted by Crippen LogP contribution is 2.50. The summed E-state index contributed by atoms with van der Waals surface area (Å²) in [6, 6.07) is 56.1. The minimum atomic E-state index is -0.461. The van der Waals surface area contributed by atoms with E-state index in [-0.39, 0.29) is 5.41 Å².